The predicted octanol–water partition coefficient (Wildman–Crippen LogP) is 4.36. The van der Waals surface area contributed by atoms with E-state index in [1.807, 2.05) is 42.5 Å². The molecule has 0 N–H and O–H groups in total. The fraction of sp³-hybridized carbons (Fsp3) is 0.269. The molecule has 0 amide bonds. The quantitative estimate of drug-likeness (QED) is 0.523. The van der Waals surface area contributed by atoms with E-state index in [1.54, 1.807) is 23.6 Å². The van der Waals surface area contributed by atoms with Crippen molar-refractivity contribution in [3.05, 3.63) is 101 Å². The van der Waals surface area contributed by atoms with Crippen LogP contribution >= 0.6 is 22.9 Å². The van der Waals surface area contributed by atoms with Gasteiger partial charge in [0, 0.05) is 5.02 Å². The van der Waals surface area contributed by atoms with Crippen LogP contribution in [0.1, 0.15) is 50.4 Å². The smallest absolute Gasteiger partial charge is 0.338 e. The van der Waals surface area contributed by atoms with Gasteiger partial charge in [0.1, 0.15) is 0 Å². The maximum atomic E-state index is 13.5. The van der Waals surface area contributed by atoms with E-state index in [0.717, 1.165) is 11.1 Å². The zero-order valence-electron chi connectivity index (χ0n) is 19.2. The molecule has 1 aliphatic heterocycles. The zero-order chi connectivity index (χ0) is 23.9. The molecule has 33 heavy (non-hydrogen) atoms. The molecule has 170 valence electrons. The lowest BCUT2D eigenvalue weighted by Gasteiger charge is -2.25. The van der Waals surface area contributed by atoms with Crippen molar-refractivity contribution in [1.29, 1.82) is 0 Å². The zero-order valence-corrected chi connectivity index (χ0v) is 20.8. The lowest BCUT2D eigenvalue weighted by atomic mass is 9.85. The van der Waals surface area contributed by atoms with Crippen LogP contribution < -0.4 is 14.9 Å². The Morgan fingerprint density at radius 1 is 1.12 bits per heavy atom. The van der Waals surface area contributed by atoms with Gasteiger partial charge in [-0.25, -0.2) is 9.79 Å². The molecular weight excluding hydrogens is 456 g/mol. The summed E-state index contributed by atoms with van der Waals surface area (Å²) in [6, 6.07) is 14.7. The highest BCUT2D eigenvalue weighted by Gasteiger charge is 2.33. The van der Waals surface area contributed by atoms with Gasteiger partial charge in [0.25, 0.3) is 5.56 Å². The largest absolute Gasteiger partial charge is 0.466 e. The fourth-order valence-corrected chi connectivity index (χ4v) is 5.06. The van der Waals surface area contributed by atoms with E-state index in [1.165, 1.54) is 24.0 Å². The van der Waals surface area contributed by atoms with Gasteiger partial charge in [0.05, 0.1) is 29.0 Å². The number of benzene rings is 2. The van der Waals surface area contributed by atoms with Crippen LogP contribution in [-0.4, -0.2) is 17.6 Å². The second-order valence-corrected chi connectivity index (χ2v) is 10.4. The number of hydrogen-bond donors (Lipinski definition) is 0. The van der Waals surface area contributed by atoms with Crippen LogP contribution in [0.15, 0.2) is 69.6 Å². The topological polar surface area (TPSA) is 60.7 Å². The van der Waals surface area contributed by atoms with Crippen LogP contribution in [0.4, 0.5) is 0 Å². The Kier molecular flexibility index (Phi) is 6.16. The van der Waals surface area contributed by atoms with E-state index < -0.39 is 12.0 Å². The third-order valence-corrected chi connectivity index (χ3v) is 6.92. The Morgan fingerprint density at radius 2 is 1.76 bits per heavy atom. The highest BCUT2D eigenvalue weighted by Crippen LogP contribution is 2.32. The lowest BCUT2D eigenvalue weighted by Crippen LogP contribution is -2.39. The van der Waals surface area contributed by atoms with E-state index in [9.17, 15) is 9.59 Å². The number of halogens is 1. The Balaban J connectivity index is 1.93. The number of hydrogen-bond acceptors (Lipinski definition) is 5. The van der Waals surface area contributed by atoms with Gasteiger partial charge in [0.2, 0.25) is 0 Å². The first kappa shape index (κ1) is 23.2. The summed E-state index contributed by atoms with van der Waals surface area (Å²) in [6.07, 6.45) is 1.82. The molecule has 3 aromatic rings. The molecule has 0 saturated carbocycles. The fourth-order valence-electron chi connectivity index (χ4n) is 3.88. The predicted molar refractivity (Wildman–Crippen MR) is 132 cm³/mol. The molecule has 0 unspecified atom stereocenters. The summed E-state index contributed by atoms with van der Waals surface area (Å²) in [7, 11) is 1.34. The number of fused-ring (bicyclic) bond motifs is 1. The maximum Gasteiger partial charge on any atom is 0.338 e. The van der Waals surface area contributed by atoms with Gasteiger partial charge in [-0.3, -0.25) is 9.36 Å². The van der Waals surface area contributed by atoms with Crippen molar-refractivity contribution in [3.63, 3.8) is 0 Å². The van der Waals surface area contributed by atoms with Crippen molar-refractivity contribution >= 4 is 35.0 Å². The monoisotopic (exact) mass is 480 g/mol. The molecule has 5 nitrogen and oxygen atoms in total. The summed E-state index contributed by atoms with van der Waals surface area (Å²) >= 11 is 7.29. The number of carbonyl (C=O) groups excluding carboxylic acids is 1. The van der Waals surface area contributed by atoms with Crippen LogP contribution in [0.5, 0.6) is 0 Å². The number of thiazole rings is 1. The van der Waals surface area contributed by atoms with Crippen molar-refractivity contribution in [2.75, 3.05) is 7.11 Å². The minimum absolute atomic E-state index is 0.0115. The molecule has 0 radical (unpaired) electrons. The minimum Gasteiger partial charge on any atom is -0.466 e. The molecule has 0 fully saturated rings. The van der Waals surface area contributed by atoms with Gasteiger partial charge < -0.3 is 4.74 Å². The minimum atomic E-state index is -0.616. The van der Waals surface area contributed by atoms with Crippen molar-refractivity contribution < 1.29 is 9.53 Å². The van der Waals surface area contributed by atoms with E-state index in [2.05, 4.69) is 25.8 Å². The van der Waals surface area contributed by atoms with Crippen molar-refractivity contribution in [1.82, 2.24) is 4.57 Å². The number of aromatic nitrogens is 1. The molecule has 0 bridgehead atoms. The Labute approximate surface area is 201 Å². The van der Waals surface area contributed by atoms with Crippen LogP contribution in [0, 0.1) is 0 Å². The number of ether oxygens (including phenoxy) is 1. The van der Waals surface area contributed by atoms with Crippen molar-refractivity contribution in [3.8, 4) is 0 Å². The first-order chi connectivity index (χ1) is 15.6. The average molecular weight is 481 g/mol. The highest BCUT2D eigenvalue weighted by atomic mass is 35.5. The van der Waals surface area contributed by atoms with Crippen LogP contribution in [0.2, 0.25) is 5.02 Å². The Hall–Kier alpha value is -2.96. The summed E-state index contributed by atoms with van der Waals surface area (Å²) in [5.41, 5.74) is 3.56. The van der Waals surface area contributed by atoms with Gasteiger partial charge in [-0.05, 0) is 47.2 Å². The van der Waals surface area contributed by atoms with Gasteiger partial charge in [0.15, 0.2) is 4.80 Å². The first-order valence-corrected chi connectivity index (χ1v) is 11.8. The van der Waals surface area contributed by atoms with Gasteiger partial charge >= 0.3 is 5.97 Å². The summed E-state index contributed by atoms with van der Waals surface area (Å²) in [4.78, 5) is 31.4. The van der Waals surface area contributed by atoms with Crippen LogP contribution in [0.25, 0.3) is 6.08 Å². The molecule has 1 aliphatic rings. The number of esters is 1. The third-order valence-electron chi connectivity index (χ3n) is 5.69. The number of allylic oxidation sites excluding steroid dienone is 1. The maximum absolute atomic E-state index is 13.5. The van der Waals surface area contributed by atoms with Crippen molar-refractivity contribution in [2.24, 2.45) is 4.99 Å². The highest BCUT2D eigenvalue weighted by molar-refractivity contribution is 7.07. The summed E-state index contributed by atoms with van der Waals surface area (Å²) < 4.78 is 7.20. The summed E-state index contributed by atoms with van der Waals surface area (Å²) in [5, 5.41) is 0.630. The number of rotatable bonds is 3. The Bertz CT molecular complexity index is 1420. The molecule has 2 aromatic carbocycles. The van der Waals surface area contributed by atoms with E-state index >= 15 is 0 Å². The molecule has 0 saturated heterocycles. The normalized spacial score (nSPS) is 16.4. The second kappa shape index (κ2) is 8.76. The SMILES string of the molecule is COC(=O)C1=C(C)N=c2s/c(=C/c3ccc(Cl)cc3)c(=O)n2[C@@H]1c1ccc(C(C)(C)C)cc1. The standard InChI is InChI=1S/C26H25ClN2O3S/c1-15-21(24(31)32-5)22(17-8-10-18(11-9-17)26(2,3)4)29-23(30)20(33-25(29)28-15)14-16-6-12-19(27)13-7-16/h6-14,22H,1-5H3/b20-14+/t22-/m1/s1. The van der Waals surface area contributed by atoms with Gasteiger partial charge in [-0.1, -0.05) is 80.1 Å². The Morgan fingerprint density at radius 3 is 2.33 bits per heavy atom. The molecule has 1 atom stereocenters. The third kappa shape index (κ3) is 4.45. The van der Waals surface area contributed by atoms with E-state index in [0.29, 0.717) is 25.6 Å². The number of nitrogens with zero attached hydrogens (tertiary/aromatic N) is 2. The van der Waals surface area contributed by atoms with Crippen molar-refractivity contribution in [2.45, 2.75) is 39.2 Å². The molecular formula is C26H25ClN2O3S. The number of methoxy groups -OCH3 is 1. The first-order valence-electron chi connectivity index (χ1n) is 10.6. The van der Waals surface area contributed by atoms with E-state index in [4.69, 9.17) is 16.3 Å². The van der Waals surface area contributed by atoms with Crippen LogP contribution in [0.3, 0.4) is 0 Å². The molecule has 4 rings (SSSR count). The molecule has 7 heteroatoms. The molecule has 0 aliphatic carbocycles. The van der Waals surface area contributed by atoms with E-state index in [-0.39, 0.29) is 11.0 Å². The number of carbonyl (C=O) groups is 1. The lowest BCUT2D eigenvalue weighted by molar-refractivity contribution is -0.136. The van der Waals surface area contributed by atoms with Gasteiger partial charge in [-0.2, -0.15) is 0 Å². The molecule has 1 aromatic heterocycles. The summed E-state index contributed by atoms with van der Waals surface area (Å²) in [6.45, 7) is 8.21. The molecule has 2 heterocycles. The molecule has 0 spiro atoms. The van der Waals surface area contributed by atoms with Gasteiger partial charge in [-0.15, -0.1) is 0 Å². The second-order valence-electron chi connectivity index (χ2n) is 9.00. The van der Waals surface area contributed by atoms with Crippen LogP contribution in [-0.2, 0) is 14.9 Å². The summed E-state index contributed by atoms with van der Waals surface area (Å²) in [5.74, 6) is -0.492. The average Bonchev–Trinajstić information content (AvgIpc) is 3.08.